The summed E-state index contributed by atoms with van der Waals surface area (Å²) in [6, 6.07) is 18.1. The molecule has 0 saturated heterocycles. The standard InChI is InChI=1S/C12H12Cl6N6P4/c13-25(14)21-27(17,19-11-7-3-1-4-8-11)22-26(15,16)24-28(18,23-25)20-12-9-5-2-6-10-12/h1-10,19-20H. The zero-order valence-corrected chi connectivity index (χ0v) is 21.7. The van der Waals surface area contributed by atoms with Gasteiger partial charge in [0.1, 0.15) is 0 Å². The van der Waals surface area contributed by atoms with Gasteiger partial charge in [-0.15, -0.1) is 0 Å². The summed E-state index contributed by atoms with van der Waals surface area (Å²) in [6.45, 7) is -6.50. The minimum Gasteiger partial charge on any atom is -0.323 e. The third-order valence-corrected chi connectivity index (χ3v) is 19.1. The Bertz CT molecular complexity index is 993. The molecule has 0 saturated carbocycles. The van der Waals surface area contributed by atoms with Crippen LogP contribution in [-0.2, 0) is 0 Å². The summed E-state index contributed by atoms with van der Waals surface area (Å²) in [4.78, 5) is 0. The predicted molar refractivity (Wildman–Crippen MR) is 133 cm³/mol. The van der Waals surface area contributed by atoms with Crippen LogP contribution < -0.4 is 10.2 Å². The molecule has 2 unspecified atom stereocenters. The molecule has 2 aromatic carbocycles. The fourth-order valence-corrected chi connectivity index (χ4v) is 23.8. The van der Waals surface area contributed by atoms with Crippen LogP contribution in [0.4, 0.5) is 11.4 Å². The Kier molecular flexibility index (Phi) is 7.56. The van der Waals surface area contributed by atoms with E-state index in [1.807, 2.05) is 36.4 Å². The summed E-state index contributed by atoms with van der Waals surface area (Å²) in [5.74, 6) is -6.73. The minimum absolute atomic E-state index is 0.648. The van der Waals surface area contributed by atoms with Crippen molar-refractivity contribution in [2.75, 3.05) is 10.2 Å². The summed E-state index contributed by atoms with van der Waals surface area (Å²) in [5.41, 5.74) is 1.30. The number of hydrogen-bond donors (Lipinski definition) is 2. The molecule has 0 radical (unpaired) electrons. The largest absolute Gasteiger partial charge is 0.323 e. The van der Waals surface area contributed by atoms with Crippen molar-refractivity contribution in [2.45, 2.75) is 0 Å². The number of anilines is 2. The fourth-order valence-electron chi connectivity index (χ4n) is 2.09. The van der Waals surface area contributed by atoms with Gasteiger partial charge in [-0.1, -0.05) is 36.4 Å². The highest BCUT2D eigenvalue weighted by molar-refractivity contribution is 8.20. The van der Waals surface area contributed by atoms with Gasteiger partial charge in [0.15, 0.2) is 0 Å². The third kappa shape index (κ3) is 6.86. The number of para-hydroxylation sites is 2. The van der Waals surface area contributed by atoms with Crippen LogP contribution >= 0.6 is 92.7 Å². The van der Waals surface area contributed by atoms with E-state index in [0.717, 1.165) is 0 Å². The second-order valence-corrected chi connectivity index (χ2v) is 22.0. The van der Waals surface area contributed by atoms with Crippen LogP contribution in [0.5, 0.6) is 0 Å². The monoisotopic (exact) mass is 574 g/mol. The van der Waals surface area contributed by atoms with Crippen molar-refractivity contribution in [3.05, 3.63) is 60.7 Å². The van der Waals surface area contributed by atoms with Crippen molar-refractivity contribution in [2.24, 2.45) is 18.1 Å². The highest BCUT2D eigenvalue weighted by Crippen LogP contribution is 2.85. The molecule has 28 heavy (non-hydrogen) atoms. The van der Waals surface area contributed by atoms with Gasteiger partial charge >= 0.3 is 0 Å². The van der Waals surface area contributed by atoms with Crippen LogP contribution in [0.25, 0.3) is 0 Å². The van der Waals surface area contributed by atoms with E-state index in [-0.39, 0.29) is 0 Å². The van der Waals surface area contributed by atoms with Gasteiger partial charge in [-0.3, -0.25) is 0 Å². The second kappa shape index (κ2) is 9.05. The van der Waals surface area contributed by atoms with Crippen LogP contribution in [0.1, 0.15) is 0 Å². The number of nitrogens with one attached hydrogen (secondary N) is 2. The van der Waals surface area contributed by atoms with E-state index in [9.17, 15) is 0 Å². The van der Waals surface area contributed by atoms with E-state index in [1.165, 1.54) is 0 Å². The lowest BCUT2D eigenvalue weighted by molar-refractivity contribution is 1.63. The molecule has 1 heterocycles. The van der Waals surface area contributed by atoms with Crippen molar-refractivity contribution in [3.8, 4) is 0 Å². The smallest absolute Gasteiger partial charge is 0.261 e. The molecule has 0 bridgehead atoms. The lowest BCUT2D eigenvalue weighted by Crippen LogP contribution is -1.91. The van der Waals surface area contributed by atoms with Gasteiger partial charge in [-0.05, 0) is 91.7 Å². The second-order valence-electron chi connectivity index (χ2n) is 5.28. The van der Waals surface area contributed by atoms with Crippen molar-refractivity contribution in [1.82, 2.24) is 0 Å². The van der Waals surface area contributed by atoms with Gasteiger partial charge in [-0.25, -0.2) is 0 Å². The number of benzene rings is 2. The highest BCUT2D eigenvalue weighted by atomic mass is 35.9. The molecule has 0 fully saturated rings. The van der Waals surface area contributed by atoms with Crippen LogP contribution in [0.2, 0.25) is 0 Å². The normalized spacial score (nSPS) is 28.2. The lowest BCUT2D eigenvalue weighted by Gasteiger charge is -2.24. The maximum Gasteiger partial charge on any atom is 0.261 e. The molecular weight excluding hydrogens is 565 g/mol. The first kappa shape index (κ1) is 23.4. The molecule has 1 aliphatic rings. The van der Waals surface area contributed by atoms with Crippen molar-refractivity contribution in [1.29, 1.82) is 0 Å². The average molecular weight is 577 g/mol. The SMILES string of the molecule is ClP1(Cl)=NP(Cl)(Nc2ccccc2)=NP(Cl)(Cl)=NP(Cl)(Nc2ccccc2)=N1. The van der Waals surface area contributed by atoms with Gasteiger partial charge in [0.2, 0.25) is 0 Å². The van der Waals surface area contributed by atoms with E-state index in [1.54, 1.807) is 24.3 Å². The fraction of sp³-hybridized carbons (Fsp3) is 0. The van der Waals surface area contributed by atoms with E-state index in [4.69, 9.17) is 67.4 Å². The summed E-state index contributed by atoms with van der Waals surface area (Å²) in [5, 5.41) is 6.01. The Morgan fingerprint density at radius 3 is 1.14 bits per heavy atom. The molecule has 152 valence electrons. The molecule has 2 atom stereocenters. The minimum atomic E-state index is -3.36. The van der Waals surface area contributed by atoms with Crippen LogP contribution in [0, 0.1) is 0 Å². The molecule has 0 aliphatic carbocycles. The Morgan fingerprint density at radius 2 is 0.821 bits per heavy atom. The maximum absolute atomic E-state index is 6.62. The first-order valence-corrected chi connectivity index (χ1v) is 19.6. The molecule has 2 N–H and O–H groups in total. The quantitative estimate of drug-likeness (QED) is 0.355. The van der Waals surface area contributed by atoms with Crippen molar-refractivity contribution < 1.29 is 0 Å². The maximum atomic E-state index is 6.62. The first-order valence-electron chi connectivity index (χ1n) is 7.38. The van der Waals surface area contributed by atoms with Gasteiger partial charge < -0.3 is 10.2 Å². The molecule has 16 heteroatoms. The molecule has 1 aliphatic heterocycles. The topological polar surface area (TPSA) is 73.5 Å². The first-order chi connectivity index (χ1) is 13.0. The van der Waals surface area contributed by atoms with Crippen molar-refractivity contribution in [3.63, 3.8) is 0 Å². The van der Waals surface area contributed by atoms with Gasteiger partial charge in [0, 0.05) is 11.4 Å². The molecule has 0 spiro atoms. The van der Waals surface area contributed by atoms with E-state index in [2.05, 4.69) is 28.2 Å². The van der Waals surface area contributed by atoms with Crippen LogP contribution in [0.15, 0.2) is 78.7 Å². The Labute approximate surface area is 191 Å². The molecular formula is C12H12Cl6N6P4. The number of halogens is 6. The summed E-state index contributed by atoms with van der Waals surface area (Å²) in [6.07, 6.45) is 0. The molecule has 2 aromatic rings. The molecule has 0 aromatic heterocycles. The van der Waals surface area contributed by atoms with E-state index < -0.39 is 25.2 Å². The summed E-state index contributed by atoms with van der Waals surface area (Å²) >= 11 is 38.8. The lowest BCUT2D eigenvalue weighted by atomic mass is 10.3. The zero-order chi connectivity index (χ0) is 20.5. The van der Waals surface area contributed by atoms with Crippen LogP contribution in [0.3, 0.4) is 0 Å². The van der Waals surface area contributed by atoms with Gasteiger partial charge in [0.25, 0.3) is 25.2 Å². The average Bonchev–Trinajstić information content (AvgIpc) is 2.52. The van der Waals surface area contributed by atoms with Crippen molar-refractivity contribution >= 4 is 104 Å². The number of rotatable bonds is 4. The molecule has 3 rings (SSSR count). The van der Waals surface area contributed by atoms with E-state index >= 15 is 0 Å². The Balaban J connectivity index is 2.12. The van der Waals surface area contributed by atoms with Crippen LogP contribution in [-0.4, -0.2) is 0 Å². The zero-order valence-electron chi connectivity index (χ0n) is 13.6. The number of hydrogen-bond acceptors (Lipinski definition) is 6. The predicted octanol–water partition coefficient (Wildman–Crippen LogP) is 11.4. The van der Waals surface area contributed by atoms with E-state index in [0.29, 0.717) is 11.4 Å². The third-order valence-electron chi connectivity index (χ3n) is 2.99. The van der Waals surface area contributed by atoms with Gasteiger partial charge in [0.05, 0.1) is 0 Å². The Morgan fingerprint density at radius 1 is 0.500 bits per heavy atom. The Hall–Kier alpha value is 0.700. The summed E-state index contributed by atoms with van der Waals surface area (Å²) < 4.78 is 17.2. The molecule has 0 amide bonds. The van der Waals surface area contributed by atoms with Gasteiger partial charge in [-0.2, -0.15) is 18.1 Å². The number of nitrogens with zero attached hydrogens (tertiary/aromatic N) is 4. The molecule has 6 nitrogen and oxygen atoms in total. The highest BCUT2D eigenvalue weighted by Gasteiger charge is 2.33. The summed E-state index contributed by atoms with van der Waals surface area (Å²) in [7, 11) is 0.